The number of aromatic nitrogens is 1. The molecule has 204 valence electrons. The highest BCUT2D eigenvalue weighted by Crippen LogP contribution is 2.30. The number of hydrogen-bond acceptors (Lipinski definition) is 9. The molecule has 2 aliphatic rings. The molecular weight excluding hydrogens is 502 g/mol. The van der Waals surface area contributed by atoms with Crippen LogP contribution in [0.2, 0.25) is 0 Å². The van der Waals surface area contributed by atoms with Crippen molar-refractivity contribution < 1.29 is 33.3 Å². The van der Waals surface area contributed by atoms with Crippen molar-refractivity contribution in [2.45, 2.75) is 19.1 Å². The molecule has 0 bridgehead atoms. The van der Waals surface area contributed by atoms with Crippen molar-refractivity contribution in [1.29, 1.82) is 0 Å². The summed E-state index contributed by atoms with van der Waals surface area (Å²) in [5.74, 6) is -1.48. The Hall–Kier alpha value is -4.31. The molecule has 0 unspecified atom stereocenters. The van der Waals surface area contributed by atoms with E-state index in [0.717, 1.165) is 57.7 Å². The normalized spacial score (nSPS) is 16.6. The highest BCUT2D eigenvalue weighted by atomic mass is 16.7. The number of nitrogens with one attached hydrogen (secondary N) is 1. The van der Waals surface area contributed by atoms with Gasteiger partial charge in [0.15, 0.2) is 11.5 Å². The number of methoxy groups -OCH3 is 1. The summed E-state index contributed by atoms with van der Waals surface area (Å²) in [6.07, 6.45) is 4.15. The number of Topliss-reactive ketones (excluding diaryl/α,β-unsaturated/α-hetero) is 1. The number of cyclic esters (lactones) is 2. The van der Waals surface area contributed by atoms with Gasteiger partial charge in [-0.25, -0.2) is 9.59 Å². The quantitative estimate of drug-likeness (QED) is 0.238. The zero-order chi connectivity index (χ0) is 27.2. The first-order valence-corrected chi connectivity index (χ1v) is 13.0. The minimum absolute atomic E-state index is 0.165. The Kier molecular flexibility index (Phi) is 8.12. The molecule has 10 nitrogen and oxygen atoms in total. The summed E-state index contributed by atoms with van der Waals surface area (Å²) in [5, 5.41) is 1.27. The second-order valence-electron chi connectivity index (χ2n) is 9.37. The number of rotatable bonds is 10. The molecule has 3 aromatic rings. The molecule has 2 aromatic carbocycles. The van der Waals surface area contributed by atoms with E-state index in [1.165, 1.54) is 35.8 Å². The van der Waals surface area contributed by atoms with Crippen LogP contribution in [0.1, 0.15) is 23.2 Å². The molecule has 1 N–H and O–H groups in total. The zero-order valence-corrected chi connectivity index (χ0v) is 21.8. The number of H-pyrrole nitrogens is 1. The Labute approximate surface area is 226 Å². The molecule has 0 spiro atoms. The van der Waals surface area contributed by atoms with Crippen LogP contribution in [0.25, 0.3) is 10.9 Å². The standard InChI is InChI=1S/C29H31N3O7/c1-36-25-18-20(28(35)29-38-26(33)10-11-27(34)39-29)8-9-24(25)37-17-5-4-12-31-13-15-32(16-14-31)23-19-30-22-7-3-2-6-21(22)23/h2-3,6-11,18-19,29-30H,4-5,12-17H2,1H3. The summed E-state index contributed by atoms with van der Waals surface area (Å²) in [7, 11) is 1.47. The van der Waals surface area contributed by atoms with E-state index in [-0.39, 0.29) is 5.56 Å². The second-order valence-corrected chi connectivity index (χ2v) is 9.37. The molecule has 1 aromatic heterocycles. The molecule has 0 atom stereocenters. The third-order valence-corrected chi connectivity index (χ3v) is 6.87. The number of ketones is 1. The Morgan fingerprint density at radius 1 is 0.974 bits per heavy atom. The summed E-state index contributed by atoms with van der Waals surface area (Å²) in [6.45, 7) is 5.54. The number of ether oxygens (including phenoxy) is 4. The van der Waals surface area contributed by atoms with Gasteiger partial charge in [0, 0.05) is 61.0 Å². The van der Waals surface area contributed by atoms with Crippen molar-refractivity contribution in [3.05, 3.63) is 66.4 Å². The highest BCUT2D eigenvalue weighted by molar-refractivity contribution is 6.03. The van der Waals surface area contributed by atoms with Crippen LogP contribution in [0.4, 0.5) is 5.69 Å². The van der Waals surface area contributed by atoms with Gasteiger partial charge in [0.1, 0.15) is 0 Å². The number of aromatic amines is 1. The van der Waals surface area contributed by atoms with Crippen LogP contribution in [0, 0.1) is 0 Å². The summed E-state index contributed by atoms with van der Waals surface area (Å²) in [5.41, 5.74) is 2.60. The van der Waals surface area contributed by atoms with Gasteiger partial charge in [-0.15, -0.1) is 0 Å². The van der Waals surface area contributed by atoms with Crippen molar-refractivity contribution in [3.63, 3.8) is 0 Å². The van der Waals surface area contributed by atoms with Crippen LogP contribution in [-0.2, 0) is 19.1 Å². The van der Waals surface area contributed by atoms with Gasteiger partial charge in [0.05, 0.1) is 19.4 Å². The molecule has 0 radical (unpaired) electrons. The van der Waals surface area contributed by atoms with Crippen LogP contribution < -0.4 is 14.4 Å². The number of fused-ring (bicyclic) bond motifs is 1. The van der Waals surface area contributed by atoms with Gasteiger partial charge >= 0.3 is 18.2 Å². The van der Waals surface area contributed by atoms with E-state index in [1.54, 1.807) is 6.07 Å². The maximum Gasteiger partial charge on any atom is 0.334 e. The largest absolute Gasteiger partial charge is 0.493 e. The van der Waals surface area contributed by atoms with E-state index >= 15 is 0 Å². The Morgan fingerprint density at radius 2 is 1.72 bits per heavy atom. The minimum Gasteiger partial charge on any atom is -0.493 e. The number of esters is 2. The lowest BCUT2D eigenvalue weighted by atomic mass is 10.1. The number of anilines is 1. The molecule has 1 fully saturated rings. The van der Waals surface area contributed by atoms with Crippen molar-refractivity contribution in [1.82, 2.24) is 9.88 Å². The Bertz CT molecular complexity index is 1350. The average molecular weight is 534 g/mol. The number of carbonyl (C=O) groups excluding carboxylic acids is 3. The number of piperazine rings is 1. The van der Waals surface area contributed by atoms with E-state index < -0.39 is 24.0 Å². The fourth-order valence-electron chi connectivity index (χ4n) is 4.78. The van der Waals surface area contributed by atoms with Gasteiger partial charge in [-0.3, -0.25) is 9.69 Å². The Balaban J connectivity index is 1.06. The molecule has 0 aliphatic carbocycles. The molecular formula is C29H31N3O7. The number of para-hydroxylation sites is 1. The molecule has 1 saturated heterocycles. The van der Waals surface area contributed by atoms with Crippen molar-refractivity contribution in [3.8, 4) is 11.5 Å². The fraction of sp³-hybridized carbons (Fsp3) is 0.345. The molecule has 39 heavy (non-hydrogen) atoms. The zero-order valence-electron chi connectivity index (χ0n) is 21.8. The maximum absolute atomic E-state index is 12.7. The topological polar surface area (TPSA) is 110 Å². The summed E-state index contributed by atoms with van der Waals surface area (Å²) >= 11 is 0. The van der Waals surface area contributed by atoms with Gasteiger partial charge in [-0.05, 0) is 43.7 Å². The third kappa shape index (κ3) is 6.23. The first-order chi connectivity index (χ1) is 19.0. The van der Waals surface area contributed by atoms with Crippen LogP contribution in [-0.4, -0.2) is 80.3 Å². The van der Waals surface area contributed by atoms with Gasteiger partial charge in [-0.1, -0.05) is 18.2 Å². The number of nitrogens with zero attached hydrogens (tertiary/aromatic N) is 2. The molecule has 10 heteroatoms. The van der Waals surface area contributed by atoms with Gasteiger partial charge in [-0.2, -0.15) is 0 Å². The van der Waals surface area contributed by atoms with Crippen LogP contribution >= 0.6 is 0 Å². The first-order valence-electron chi connectivity index (χ1n) is 13.0. The van der Waals surface area contributed by atoms with E-state index in [1.807, 2.05) is 6.07 Å². The highest BCUT2D eigenvalue weighted by Gasteiger charge is 2.30. The van der Waals surface area contributed by atoms with Crippen LogP contribution in [0.5, 0.6) is 11.5 Å². The van der Waals surface area contributed by atoms with Gasteiger partial charge in [0.2, 0.25) is 5.78 Å². The predicted molar refractivity (Wildman–Crippen MR) is 144 cm³/mol. The first kappa shape index (κ1) is 26.3. The minimum atomic E-state index is -1.65. The number of unbranched alkanes of at least 4 members (excludes halogenated alkanes) is 1. The fourth-order valence-corrected chi connectivity index (χ4v) is 4.78. The molecule has 0 amide bonds. The lowest BCUT2D eigenvalue weighted by molar-refractivity contribution is -0.169. The van der Waals surface area contributed by atoms with Gasteiger partial charge < -0.3 is 28.8 Å². The van der Waals surface area contributed by atoms with Crippen LogP contribution in [0.3, 0.4) is 0 Å². The molecule has 2 aliphatic heterocycles. The monoisotopic (exact) mass is 533 g/mol. The SMILES string of the molecule is COc1cc(C(=O)C2OC(=O)C=CC(=O)O2)ccc1OCCCCN1CCN(c2c[nH]c3ccccc23)CC1. The maximum atomic E-state index is 12.7. The summed E-state index contributed by atoms with van der Waals surface area (Å²) < 4.78 is 21.1. The lowest BCUT2D eigenvalue weighted by Crippen LogP contribution is -2.46. The van der Waals surface area contributed by atoms with Gasteiger partial charge in [0.25, 0.3) is 0 Å². The van der Waals surface area contributed by atoms with Crippen molar-refractivity contribution in [2.24, 2.45) is 0 Å². The van der Waals surface area contributed by atoms with Crippen molar-refractivity contribution >= 4 is 34.3 Å². The molecule has 3 heterocycles. The Morgan fingerprint density at radius 3 is 2.46 bits per heavy atom. The predicted octanol–water partition coefficient (Wildman–Crippen LogP) is 3.32. The third-order valence-electron chi connectivity index (χ3n) is 6.87. The lowest BCUT2D eigenvalue weighted by Gasteiger charge is -2.35. The summed E-state index contributed by atoms with van der Waals surface area (Å²) in [4.78, 5) is 44.2. The average Bonchev–Trinajstić information content (AvgIpc) is 3.31. The number of benzene rings is 2. The van der Waals surface area contributed by atoms with E-state index in [0.29, 0.717) is 18.1 Å². The van der Waals surface area contributed by atoms with E-state index in [2.05, 4.69) is 39.2 Å². The second kappa shape index (κ2) is 12.0. The number of hydrogen-bond donors (Lipinski definition) is 1. The number of carbonyl (C=O) groups is 3. The molecule has 5 rings (SSSR count). The van der Waals surface area contributed by atoms with Crippen molar-refractivity contribution in [2.75, 3.05) is 51.3 Å². The smallest absolute Gasteiger partial charge is 0.334 e. The van der Waals surface area contributed by atoms with E-state index in [4.69, 9.17) is 18.9 Å². The van der Waals surface area contributed by atoms with Crippen LogP contribution in [0.15, 0.2) is 60.8 Å². The summed E-state index contributed by atoms with van der Waals surface area (Å²) in [6, 6.07) is 13.0. The van der Waals surface area contributed by atoms with E-state index in [9.17, 15) is 14.4 Å². The molecule has 0 saturated carbocycles.